The van der Waals surface area contributed by atoms with E-state index < -0.39 is 23.6 Å². The van der Waals surface area contributed by atoms with Crippen LogP contribution in [0.15, 0.2) is 0 Å². The largest absolute Gasteiger partial charge is 0.480 e. The van der Waals surface area contributed by atoms with Crippen molar-refractivity contribution < 1.29 is 14.7 Å². The summed E-state index contributed by atoms with van der Waals surface area (Å²) in [6, 6.07) is -1.22. The highest BCUT2D eigenvalue weighted by molar-refractivity contribution is 8.00. The van der Waals surface area contributed by atoms with Crippen LogP contribution < -0.4 is 5.32 Å². The van der Waals surface area contributed by atoms with E-state index in [0.717, 1.165) is 0 Å². The molecule has 1 aliphatic rings. The van der Waals surface area contributed by atoms with Crippen molar-refractivity contribution in [3.05, 3.63) is 0 Å². The van der Waals surface area contributed by atoms with Crippen molar-refractivity contribution in [2.45, 2.75) is 44.6 Å². The van der Waals surface area contributed by atoms with Crippen molar-refractivity contribution in [2.75, 3.05) is 5.75 Å². The summed E-state index contributed by atoms with van der Waals surface area (Å²) in [6.45, 7) is 7.34. The van der Waals surface area contributed by atoms with E-state index in [1.54, 1.807) is 13.8 Å². The van der Waals surface area contributed by atoms with Crippen LogP contribution in [0, 0.1) is 18.3 Å². The molecule has 106 valence electrons. The van der Waals surface area contributed by atoms with Gasteiger partial charge in [0.25, 0.3) is 0 Å². The van der Waals surface area contributed by atoms with Crippen molar-refractivity contribution in [3.8, 4) is 12.3 Å². The van der Waals surface area contributed by atoms with Crippen molar-refractivity contribution in [3.63, 3.8) is 0 Å². The van der Waals surface area contributed by atoms with Gasteiger partial charge in [-0.05, 0) is 19.8 Å². The molecule has 0 bridgehead atoms. The molecule has 2 unspecified atom stereocenters. The third kappa shape index (κ3) is 3.57. The number of nitrogens with zero attached hydrogens (tertiary/aromatic N) is 1. The Bertz CT molecular complexity index is 415. The summed E-state index contributed by atoms with van der Waals surface area (Å²) in [6.07, 6.45) is 5.34. The van der Waals surface area contributed by atoms with E-state index >= 15 is 0 Å². The predicted molar refractivity (Wildman–Crippen MR) is 75.8 cm³/mol. The third-order valence-corrected chi connectivity index (χ3v) is 4.53. The minimum Gasteiger partial charge on any atom is -0.480 e. The Morgan fingerprint density at radius 2 is 2.11 bits per heavy atom. The molecule has 0 aromatic carbocycles. The summed E-state index contributed by atoms with van der Waals surface area (Å²) < 4.78 is 0. The zero-order valence-corrected chi connectivity index (χ0v) is 12.5. The predicted octanol–water partition coefficient (Wildman–Crippen LogP) is 1.59. The van der Waals surface area contributed by atoms with Gasteiger partial charge in [-0.25, -0.2) is 9.59 Å². The molecule has 19 heavy (non-hydrogen) atoms. The number of hydrogen-bond donors (Lipinski definition) is 2. The number of carbonyl (C=O) groups is 2. The summed E-state index contributed by atoms with van der Waals surface area (Å²) in [5.74, 6) is 2.07. The van der Waals surface area contributed by atoms with Gasteiger partial charge in [0, 0.05) is 5.75 Å². The standard InChI is InChI=1S/C13H20N2O3S/c1-6-13(4,5)14-12(18)15-9(11(16)17)7-19-10(15)8(2)3/h1,8-10H,7H2,2-5H3,(H,14,18)(H,16,17). The second-order valence-electron chi connectivity index (χ2n) is 5.43. The maximum Gasteiger partial charge on any atom is 0.327 e. The fraction of sp³-hybridized carbons (Fsp3) is 0.692. The van der Waals surface area contributed by atoms with Crippen LogP contribution in [0.25, 0.3) is 0 Å². The quantitative estimate of drug-likeness (QED) is 0.772. The van der Waals surface area contributed by atoms with Crippen LogP contribution in [0.1, 0.15) is 27.7 Å². The molecule has 1 rings (SSSR count). The Morgan fingerprint density at radius 3 is 2.53 bits per heavy atom. The molecule has 5 nitrogen and oxygen atoms in total. The zero-order chi connectivity index (χ0) is 14.8. The summed E-state index contributed by atoms with van der Waals surface area (Å²) >= 11 is 1.49. The van der Waals surface area contributed by atoms with Gasteiger partial charge in [0.15, 0.2) is 0 Å². The number of carbonyl (C=O) groups excluding carboxylic acids is 1. The fourth-order valence-electron chi connectivity index (χ4n) is 1.86. The Hall–Kier alpha value is -1.35. The van der Waals surface area contributed by atoms with E-state index in [1.165, 1.54) is 16.7 Å². The normalized spacial score (nSPS) is 23.3. The molecule has 2 atom stereocenters. The lowest BCUT2D eigenvalue weighted by Gasteiger charge is -2.32. The van der Waals surface area contributed by atoms with Gasteiger partial charge in [-0.2, -0.15) is 0 Å². The number of carboxylic acid groups (broad SMARTS) is 1. The number of rotatable bonds is 3. The molecule has 1 heterocycles. The van der Waals surface area contributed by atoms with E-state index in [0.29, 0.717) is 5.75 Å². The number of carboxylic acids is 1. The minimum atomic E-state index is -0.982. The molecule has 2 amide bonds. The first-order valence-electron chi connectivity index (χ1n) is 6.12. The molecular weight excluding hydrogens is 264 g/mol. The SMILES string of the molecule is C#CC(C)(C)NC(=O)N1C(C(=O)O)CSC1C(C)C. The Morgan fingerprint density at radius 1 is 1.53 bits per heavy atom. The van der Waals surface area contributed by atoms with E-state index in [2.05, 4.69) is 11.2 Å². The topological polar surface area (TPSA) is 69.6 Å². The number of terminal acetylenes is 1. The monoisotopic (exact) mass is 284 g/mol. The summed E-state index contributed by atoms with van der Waals surface area (Å²) in [5.41, 5.74) is -0.797. The van der Waals surface area contributed by atoms with Gasteiger partial charge in [0.2, 0.25) is 0 Å². The first-order valence-corrected chi connectivity index (χ1v) is 7.17. The molecule has 0 aromatic heterocycles. The first kappa shape index (κ1) is 15.7. The molecule has 0 radical (unpaired) electrons. The molecule has 0 saturated carbocycles. The average molecular weight is 284 g/mol. The Kier molecular flexibility index (Phi) is 4.75. The molecule has 0 aliphatic carbocycles. The molecular formula is C13H20N2O3S. The molecule has 1 saturated heterocycles. The van der Waals surface area contributed by atoms with Crippen LogP contribution in [0.5, 0.6) is 0 Å². The number of thioether (sulfide) groups is 1. The van der Waals surface area contributed by atoms with Crippen LogP contribution in [0.4, 0.5) is 4.79 Å². The minimum absolute atomic E-state index is 0.144. The highest BCUT2D eigenvalue weighted by atomic mass is 32.2. The Balaban J connectivity index is 2.93. The van der Waals surface area contributed by atoms with Crippen molar-refractivity contribution in [1.82, 2.24) is 10.2 Å². The lowest BCUT2D eigenvalue weighted by atomic mass is 10.1. The average Bonchev–Trinajstić information content (AvgIpc) is 2.73. The fourth-order valence-corrected chi connectivity index (χ4v) is 3.33. The van der Waals surface area contributed by atoms with Gasteiger partial charge < -0.3 is 10.4 Å². The first-order chi connectivity index (χ1) is 8.69. The molecule has 1 fully saturated rings. The lowest BCUT2D eigenvalue weighted by Crippen LogP contribution is -2.55. The second kappa shape index (κ2) is 5.74. The Labute approximate surface area is 118 Å². The van der Waals surface area contributed by atoms with Gasteiger partial charge in [-0.3, -0.25) is 4.90 Å². The highest BCUT2D eigenvalue weighted by Gasteiger charge is 2.43. The molecule has 0 spiro atoms. The van der Waals surface area contributed by atoms with Gasteiger partial charge in [-0.1, -0.05) is 19.8 Å². The van der Waals surface area contributed by atoms with Crippen molar-refractivity contribution in [1.29, 1.82) is 0 Å². The maximum atomic E-state index is 12.3. The second-order valence-corrected chi connectivity index (χ2v) is 6.58. The smallest absolute Gasteiger partial charge is 0.327 e. The van der Waals surface area contributed by atoms with Gasteiger partial charge in [0.1, 0.15) is 6.04 Å². The number of aliphatic carboxylic acids is 1. The number of nitrogens with one attached hydrogen (secondary N) is 1. The van der Waals surface area contributed by atoms with Crippen LogP contribution in [0.2, 0.25) is 0 Å². The zero-order valence-electron chi connectivity index (χ0n) is 11.6. The van der Waals surface area contributed by atoms with E-state index in [1.807, 2.05) is 13.8 Å². The third-order valence-electron chi connectivity index (χ3n) is 2.90. The number of urea groups is 1. The molecule has 2 N–H and O–H groups in total. The van der Waals surface area contributed by atoms with Crippen LogP contribution in [-0.2, 0) is 4.79 Å². The van der Waals surface area contributed by atoms with Gasteiger partial charge in [-0.15, -0.1) is 18.2 Å². The highest BCUT2D eigenvalue weighted by Crippen LogP contribution is 2.34. The van der Waals surface area contributed by atoms with E-state index in [-0.39, 0.29) is 11.3 Å². The molecule has 6 heteroatoms. The van der Waals surface area contributed by atoms with Gasteiger partial charge >= 0.3 is 12.0 Å². The number of hydrogen-bond acceptors (Lipinski definition) is 3. The summed E-state index contributed by atoms with van der Waals surface area (Å²) in [7, 11) is 0. The van der Waals surface area contributed by atoms with E-state index in [9.17, 15) is 14.7 Å². The van der Waals surface area contributed by atoms with Crippen LogP contribution in [0.3, 0.4) is 0 Å². The van der Waals surface area contributed by atoms with Crippen LogP contribution in [-0.4, -0.2) is 44.7 Å². The summed E-state index contributed by atoms with van der Waals surface area (Å²) in [5, 5.41) is 11.8. The van der Waals surface area contributed by atoms with Crippen molar-refractivity contribution >= 4 is 23.8 Å². The lowest BCUT2D eigenvalue weighted by molar-refractivity contribution is -0.141. The maximum absolute atomic E-state index is 12.3. The van der Waals surface area contributed by atoms with Crippen molar-refractivity contribution in [2.24, 2.45) is 5.92 Å². The summed E-state index contributed by atoms with van der Waals surface area (Å²) in [4.78, 5) is 24.9. The molecule has 1 aliphatic heterocycles. The molecule has 0 aromatic rings. The number of amides is 2. The van der Waals surface area contributed by atoms with Gasteiger partial charge in [0.05, 0.1) is 10.9 Å². The van der Waals surface area contributed by atoms with Crippen LogP contribution >= 0.6 is 11.8 Å². The van der Waals surface area contributed by atoms with E-state index in [4.69, 9.17) is 6.42 Å².